The highest BCUT2D eigenvalue weighted by atomic mass is 32.2. The topological polar surface area (TPSA) is 72.2 Å². The van der Waals surface area contributed by atoms with Crippen molar-refractivity contribution in [2.24, 2.45) is 0 Å². The van der Waals surface area contributed by atoms with Gasteiger partial charge in [-0.25, -0.2) is 9.50 Å². The lowest BCUT2D eigenvalue weighted by molar-refractivity contribution is -0.121. The molecule has 0 aliphatic carbocycles. The highest BCUT2D eigenvalue weighted by Crippen LogP contribution is 2.27. The fraction of sp³-hybridized carbons (Fsp3) is 0.308. The lowest BCUT2D eigenvalue weighted by Crippen LogP contribution is -2.26. The Morgan fingerprint density at radius 3 is 2.24 bits per heavy atom. The summed E-state index contributed by atoms with van der Waals surface area (Å²) in [5, 5.41) is 8.31. The van der Waals surface area contributed by atoms with Crippen molar-refractivity contribution in [3.8, 4) is 0 Å². The van der Waals surface area contributed by atoms with Gasteiger partial charge >= 0.3 is 0 Å². The number of hydrogen-bond acceptors (Lipinski definition) is 5. The Kier molecular flexibility index (Phi) is 7.40. The first kappa shape index (κ1) is 23.0. The summed E-state index contributed by atoms with van der Waals surface area (Å²) in [6.45, 7) is 4.61. The minimum absolute atomic E-state index is 0.0529. The third-order valence-corrected chi connectivity index (χ3v) is 6.51. The number of thioether (sulfide) groups is 1. The van der Waals surface area contributed by atoms with E-state index in [0.717, 1.165) is 23.4 Å². The Morgan fingerprint density at radius 2 is 1.64 bits per heavy atom. The predicted octanol–water partition coefficient (Wildman–Crippen LogP) is 4.73. The van der Waals surface area contributed by atoms with Gasteiger partial charge in [0.2, 0.25) is 11.1 Å². The SMILES string of the molecule is CSc1nc2nc(C)c(CCC(=O)NCCC(c3ccccc3)c3ccccc3)c(C)n2n1. The highest BCUT2D eigenvalue weighted by molar-refractivity contribution is 7.98. The Balaban J connectivity index is 1.37. The fourth-order valence-corrected chi connectivity index (χ4v) is 4.55. The maximum absolute atomic E-state index is 12.6. The molecule has 2 heterocycles. The minimum Gasteiger partial charge on any atom is -0.356 e. The van der Waals surface area contributed by atoms with Gasteiger partial charge in [-0.3, -0.25) is 4.79 Å². The molecule has 6 nitrogen and oxygen atoms in total. The van der Waals surface area contributed by atoms with Gasteiger partial charge in [0.25, 0.3) is 5.78 Å². The van der Waals surface area contributed by atoms with Crippen LogP contribution in [-0.2, 0) is 11.2 Å². The molecule has 1 amide bonds. The summed E-state index contributed by atoms with van der Waals surface area (Å²) in [4.78, 5) is 21.6. The van der Waals surface area contributed by atoms with Crippen molar-refractivity contribution in [2.75, 3.05) is 12.8 Å². The van der Waals surface area contributed by atoms with E-state index in [1.54, 1.807) is 4.52 Å². The number of fused-ring (bicyclic) bond motifs is 1. The molecule has 0 atom stereocenters. The molecule has 0 bridgehead atoms. The van der Waals surface area contributed by atoms with Crippen LogP contribution < -0.4 is 5.32 Å². The van der Waals surface area contributed by atoms with E-state index in [4.69, 9.17) is 0 Å². The molecule has 0 saturated carbocycles. The smallest absolute Gasteiger partial charge is 0.253 e. The summed E-state index contributed by atoms with van der Waals surface area (Å²) >= 11 is 1.49. The van der Waals surface area contributed by atoms with Crippen LogP contribution in [0.3, 0.4) is 0 Å². The third kappa shape index (κ3) is 5.42. The molecule has 2 aromatic carbocycles. The van der Waals surface area contributed by atoms with Crippen LogP contribution in [-0.4, -0.2) is 38.3 Å². The van der Waals surface area contributed by atoms with Crippen molar-refractivity contribution in [3.05, 3.63) is 88.7 Å². The number of aromatic nitrogens is 4. The van der Waals surface area contributed by atoms with Crippen molar-refractivity contribution in [1.29, 1.82) is 0 Å². The zero-order valence-electron chi connectivity index (χ0n) is 19.3. The van der Waals surface area contributed by atoms with Gasteiger partial charge in [0.05, 0.1) is 0 Å². The molecule has 0 aliphatic heterocycles. The average molecular weight is 460 g/mol. The normalized spacial score (nSPS) is 11.3. The summed E-state index contributed by atoms with van der Waals surface area (Å²) in [5.41, 5.74) is 5.48. The largest absolute Gasteiger partial charge is 0.356 e. The molecule has 170 valence electrons. The first-order chi connectivity index (χ1) is 16.1. The number of carbonyl (C=O) groups is 1. The Hall–Kier alpha value is -3.19. The number of amides is 1. The van der Waals surface area contributed by atoms with Crippen LogP contribution in [0.25, 0.3) is 5.78 Å². The molecule has 0 radical (unpaired) electrons. The van der Waals surface area contributed by atoms with Crippen molar-refractivity contribution in [1.82, 2.24) is 24.9 Å². The van der Waals surface area contributed by atoms with E-state index in [2.05, 4.69) is 68.9 Å². The molecule has 4 aromatic rings. The van der Waals surface area contributed by atoms with Gasteiger partial charge in [-0.15, -0.1) is 5.10 Å². The van der Waals surface area contributed by atoms with Crippen LogP contribution >= 0.6 is 11.8 Å². The van der Waals surface area contributed by atoms with Crippen molar-refractivity contribution < 1.29 is 4.79 Å². The van der Waals surface area contributed by atoms with Gasteiger partial charge < -0.3 is 5.32 Å². The number of rotatable bonds is 9. The summed E-state index contributed by atoms with van der Waals surface area (Å²) in [7, 11) is 0. The molecule has 2 aromatic heterocycles. The van der Waals surface area contributed by atoms with E-state index >= 15 is 0 Å². The molecular weight excluding hydrogens is 430 g/mol. The highest BCUT2D eigenvalue weighted by Gasteiger charge is 2.16. The number of aryl methyl sites for hydroxylation is 2. The molecule has 33 heavy (non-hydrogen) atoms. The van der Waals surface area contributed by atoms with Gasteiger partial charge in [-0.2, -0.15) is 4.98 Å². The molecule has 0 saturated heterocycles. The van der Waals surface area contributed by atoms with E-state index in [1.165, 1.54) is 22.9 Å². The summed E-state index contributed by atoms with van der Waals surface area (Å²) in [6.07, 6.45) is 3.84. The molecular formula is C26H29N5OS. The average Bonchev–Trinajstić information content (AvgIpc) is 3.26. The predicted molar refractivity (Wildman–Crippen MR) is 133 cm³/mol. The molecule has 1 N–H and O–H groups in total. The molecule has 4 rings (SSSR count). The van der Waals surface area contributed by atoms with E-state index in [9.17, 15) is 4.79 Å². The summed E-state index contributed by atoms with van der Waals surface area (Å²) in [6, 6.07) is 20.9. The van der Waals surface area contributed by atoms with Crippen LogP contribution in [0.15, 0.2) is 65.8 Å². The molecule has 0 fully saturated rings. The number of hydrogen-bond donors (Lipinski definition) is 1. The quantitative estimate of drug-likeness (QED) is 0.366. The van der Waals surface area contributed by atoms with Crippen LogP contribution in [0.5, 0.6) is 0 Å². The Bertz CT molecular complexity index is 1180. The lowest BCUT2D eigenvalue weighted by atomic mass is 9.88. The molecule has 0 unspecified atom stereocenters. The van der Waals surface area contributed by atoms with Crippen LogP contribution in [0.4, 0.5) is 0 Å². The minimum atomic E-state index is 0.0529. The van der Waals surface area contributed by atoms with Crippen LogP contribution in [0.1, 0.15) is 46.8 Å². The van der Waals surface area contributed by atoms with E-state index < -0.39 is 0 Å². The second-order valence-electron chi connectivity index (χ2n) is 8.08. The van der Waals surface area contributed by atoms with Crippen molar-refractivity contribution in [2.45, 2.75) is 44.2 Å². The Morgan fingerprint density at radius 1 is 1.00 bits per heavy atom. The fourth-order valence-electron chi connectivity index (χ4n) is 4.22. The second kappa shape index (κ2) is 10.6. The van der Waals surface area contributed by atoms with Gasteiger partial charge in [0.15, 0.2) is 0 Å². The third-order valence-electron chi connectivity index (χ3n) is 5.97. The van der Waals surface area contributed by atoms with E-state index in [1.807, 2.05) is 32.2 Å². The number of nitrogens with zero attached hydrogens (tertiary/aromatic N) is 4. The molecule has 0 aliphatic rings. The van der Waals surface area contributed by atoms with Gasteiger partial charge in [-0.1, -0.05) is 72.4 Å². The van der Waals surface area contributed by atoms with Crippen molar-refractivity contribution >= 4 is 23.4 Å². The maximum atomic E-state index is 12.6. The van der Waals surface area contributed by atoms with Crippen LogP contribution in [0.2, 0.25) is 0 Å². The Labute approximate surface area is 198 Å². The first-order valence-electron chi connectivity index (χ1n) is 11.2. The number of nitrogens with one attached hydrogen (secondary N) is 1. The number of carbonyl (C=O) groups excluding carboxylic acids is 1. The maximum Gasteiger partial charge on any atom is 0.253 e. The van der Waals surface area contributed by atoms with Gasteiger partial charge in [0.1, 0.15) is 0 Å². The van der Waals surface area contributed by atoms with Gasteiger partial charge in [0, 0.05) is 30.3 Å². The van der Waals surface area contributed by atoms with Gasteiger partial charge in [-0.05, 0) is 49.6 Å². The second-order valence-corrected chi connectivity index (χ2v) is 8.86. The zero-order valence-corrected chi connectivity index (χ0v) is 20.1. The standard InChI is InChI=1S/C26H29N5OS/c1-18-22(19(2)31-25(28-18)29-26(30-31)33-3)14-15-24(32)27-17-16-23(20-10-6-4-7-11-20)21-12-8-5-9-13-21/h4-13,23H,14-17H2,1-3H3,(H,27,32). The first-order valence-corrected chi connectivity index (χ1v) is 12.4. The number of benzene rings is 2. The van der Waals surface area contributed by atoms with E-state index in [-0.39, 0.29) is 11.8 Å². The van der Waals surface area contributed by atoms with Crippen molar-refractivity contribution in [3.63, 3.8) is 0 Å². The molecule has 7 heteroatoms. The lowest BCUT2D eigenvalue weighted by Gasteiger charge is -2.18. The molecule has 0 spiro atoms. The zero-order chi connectivity index (χ0) is 23.2. The monoisotopic (exact) mass is 459 g/mol. The summed E-state index contributed by atoms with van der Waals surface area (Å²) in [5.74, 6) is 0.911. The summed E-state index contributed by atoms with van der Waals surface area (Å²) < 4.78 is 1.77. The van der Waals surface area contributed by atoms with Crippen LogP contribution in [0, 0.1) is 13.8 Å². The van der Waals surface area contributed by atoms with E-state index in [0.29, 0.717) is 30.3 Å².